The van der Waals surface area contributed by atoms with E-state index in [0.29, 0.717) is 0 Å². The van der Waals surface area contributed by atoms with Crippen molar-refractivity contribution >= 4 is 80.8 Å². The van der Waals surface area contributed by atoms with Crippen LogP contribution < -0.4 is 158 Å². The van der Waals surface area contributed by atoms with Gasteiger partial charge in [0.1, 0.15) is 0 Å². The van der Waals surface area contributed by atoms with Crippen LogP contribution in [-0.2, 0) is 74.7 Å². The SMILES string of the molecule is O=C([O-])CC(O)C(=O)O[P+](=O)[O-].O=C([O-])CC(O)C(=O)O[P+](=O)[O-].O=C([O-])CC(O)C(=O)O[P+](=O)[O-].O=C([O-])CC(O)C(=O)O[P+](=O)[O-].[Na+].[Na+].[Na+].[Na+]. The van der Waals surface area contributed by atoms with Gasteiger partial charge in [-0.3, -0.25) is 0 Å². The number of carbonyl (C=O) groups excluding carboxylic acids is 8. The summed E-state index contributed by atoms with van der Waals surface area (Å²) in [5, 5.41) is 73.4. The van der Waals surface area contributed by atoms with Gasteiger partial charge in [0, 0.05) is 49.6 Å². The van der Waals surface area contributed by atoms with Crippen LogP contribution in [0.5, 0.6) is 0 Å². The maximum absolute atomic E-state index is 10.3. The van der Waals surface area contributed by atoms with Gasteiger partial charge in [0.05, 0.1) is 0 Å². The van der Waals surface area contributed by atoms with Crippen LogP contribution in [0.2, 0.25) is 0 Å². The van der Waals surface area contributed by atoms with E-state index < -0.39 is 131 Å². The fourth-order valence-electron chi connectivity index (χ4n) is 1.50. The topological polar surface area (TPSA) is 507 Å². The zero-order valence-corrected chi connectivity index (χ0v) is 38.1. The Morgan fingerprint density at radius 2 is 0.500 bits per heavy atom. The van der Waals surface area contributed by atoms with E-state index >= 15 is 0 Å². The molecule has 36 heteroatoms. The molecule has 52 heavy (non-hydrogen) atoms. The van der Waals surface area contributed by atoms with Crippen molar-refractivity contribution in [2.75, 3.05) is 0 Å². The molecule has 0 saturated heterocycles. The molecule has 0 amide bonds. The van der Waals surface area contributed by atoms with Crippen LogP contribution in [0.15, 0.2) is 0 Å². The number of carboxylic acid groups (broad SMARTS) is 4. The molecule has 0 fully saturated rings. The van der Waals surface area contributed by atoms with E-state index in [4.69, 9.17) is 20.4 Å². The molecule has 28 nitrogen and oxygen atoms in total. The first-order valence-electron chi connectivity index (χ1n) is 10.7. The molecule has 0 aromatic carbocycles. The Hall–Kier alpha value is -0.160. The molecule has 8 atom stereocenters. The predicted octanol–water partition coefficient (Wildman–Crippen LogP) is -23.8. The Balaban J connectivity index is -0.0000000807. The second kappa shape index (κ2) is 40.5. The van der Waals surface area contributed by atoms with E-state index in [1.165, 1.54) is 0 Å². The van der Waals surface area contributed by atoms with Gasteiger partial charge in [-0.25, -0.2) is 37.3 Å². The number of aliphatic carboxylic acids is 4. The van der Waals surface area contributed by atoms with Crippen molar-refractivity contribution in [2.45, 2.75) is 50.1 Å². The largest absolute Gasteiger partial charge is 1.00 e. The molecule has 0 radical (unpaired) electrons. The molecular weight excluding hydrogens is 856 g/mol. The van der Waals surface area contributed by atoms with E-state index in [0.717, 1.165) is 0 Å². The zero-order chi connectivity index (χ0) is 38.9. The van der Waals surface area contributed by atoms with Gasteiger partial charge in [-0.05, 0) is 18.3 Å². The molecule has 0 saturated carbocycles. The third-order valence-corrected chi connectivity index (χ3v) is 4.50. The van der Waals surface area contributed by atoms with Crippen LogP contribution in [0.3, 0.4) is 0 Å². The number of carbonyl (C=O) groups is 8. The Morgan fingerprint density at radius 3 is 0.577 bits per heavy atom. The van der Waals surface area contributed by atoms with Gasteiger partial charge in [0.2, 0.25) is 0 Å². The monoisotopic (exact) mass is 872 g/mol. The van der Waals surface area contributed by atoms with Crippen LogP contribution in [-0.4, -0.2) is 92.6 Å². The molecule has 0 heterocycles. The standard InChI is InChI=1S/4C4H5O7P.4Na/c4*5-2(1-3(6)7)4(8)11-12(9)10;;;;/h4*2,5H,1H2,(H,6,7);;;;/q;;;;4*+1/p-4. The smallest absolute Gasteiger partial charge is 0.558 e. The minimum atomic E-state index is -3.42. The first-order valence-corrected chi connectivity index (χ1v) is 15.1. The number of hydrogen-bond donors (Lipinski definition) is 4. The van der Waals surface area contributed by atoms with Crippen molar-refractivity contribution in [3.8, 4) is 0 Å². The molecule has 0 spiro atoms. The molecule has 0 aromatic heterocycles. The number of carboxylic acids is 4. The summed E-state index contributed by atoms with van der Waals surface area (Å²) >= 11 is 0. The van der Waals surface area contributed by atoms with E-state index in [1.54, 1.807) is 0 Å². The van der Waals surface area contributed by atoms with Gasteiger partial charge in [0.15, 0.2) is 24.4 Å². The fourth-order valence-corrected chi connectivity index (χ4v) is 2.58. The number of aliphatic hydroxyl groups is 4. The summed E-state index contributed by atoms with van der Waals surface area (Å²) in [5.74, 6) is -12.8. The molecule has 0 aromatic rings. The maximum atomic E-state index is 10.3. The molecule has 0 aliphatic rings. The van der Waals surface area contributed by atoms with E-state index in [1.807, 2.05) is 0 Å². The molecule has 0 aliphatic heterocycles. The van der Waals surface area contributed by atoms with Crippen LogP contribution in [0.25, 0.3) is 0 Å². The first kappa shape index (κ1) is 69.7. The normalized spacial score (nSPS) is 12.3. The minimum Gasteiger partial charge on any atom is -0.558 e. The van der Waals surface area contributed by atoms with E-state index in [2.05, 4.69) is 18.1 Å². The second-order valence-electron chi connectivity index (χ2n) is 6.90. The Bertz CT molecular complexity index is 1050. The van der Waals surface area contributed by atoms with Gasteiger partial charge in [-0.1, -0.05) is 0 Å². The van der Waals surface area contributed by atoms with Gasteiger partial charge in [0.25, 0.3) is 0 Å². The van der Waals surface area contributed by atoms with Crippen LogP contribution in [0, 0.1) is 0 Å². The second-order valence-corrected chi connectivity index (χ2v) is 9.42. The quantitative estimate of drug-likeness (QED) is 0.0826. The van der Waals surface area contributed by atoms with Gasteiger partial charge >= 0.3 is 175 Å². The summed E-state index contributed by atoms with van der Waals surface area (Å²) in [6.45, 7) is 0. The predicted molar refractivity (Wildman–Crippen MR) is 117 cm³/mol. The van der Waals surface area contributed by atoms with Gasteiger partial charge in [-0.15, -0.1) is 0 Å². The summed E-state index contributed by atoms with van der Waals surface area (Å²) in [6.07, 6.45) is -12.0. The maximum Gasteiger partial charge on any atom is 1.00 e. The summed E-state index contributed by atoms with van der Waals surface area (Å²) < 4.78 is 52.8. The number of hydrogen-bond acceptors (Lipinski definition) is 28. The van der Waals surface area contributed by atoms with Gasteiger partial charge < -0.3 is 79.6 Å². The van der Waals surface area contributed by atoms with Crippen molar-refractivity contribution < 1.29 is 253 Å². The summed E-state index contributed by atoms with van der Waals surface area (Å²) in [6, 6.07) is 0. The summed E-state index contributed by atoms with van der Waals surface area (Å²) in [7, 11) is -13.7. The molecule has 0 rings (SSSR count). The molecule has 272 valence electrons. The third-order valence-electron chi connectivity index (χ3n) is 3.19. The van der Waals surface area contributed by atoms with Crippen LogP contribution in [0.4, 0.5) is 0 Å². The van der Waals surface area contributed by atoms with Crippen molar-refractivity contribution in [3.63, 3.8) is 0 Å². The van der Waals surface area contributed by atoms with E-state index in [9.17, 15) is 96.6 Å². The molecular formula is C16H16Na4O28P4. The fraction of sp³-hybridized carbons (Fsp3) is 0.500. The first-order chi connectivity index (χ1) is 21.7. The van der Waals surface area contributed by atoms with Crippen molar-refractivity contribution in [2.24, 2.45) is 0 Å². The molecule has 4 N–H and O–H groups in total. The molecule has 0 aliphatic carbocycles. The average molecular weight is 872 g/mol. The molecule has 8 unspecified atom stereocenters. The van der Waals surface area contributed by atoms with Crippen molar-refractivity contribution in [3.05, 3.63) is 0 Å². The van der Waals surface area contributed by atoms with Crippen LogP contribution >= 0.6 is 33.0 Å². The average Bonchev–Trinajstić information content (AvgIpc) is 2.86. The van der Waals surface area contributed by atoms with Gasteiger partial charge in [-0.2, -0.15) is 0 Å². The van der Waals surface area contributed by atoms with Crippen molar-refractivity contribution in [1.29, 1.82) is 0 Å². The Kier molecular flexibility index (Phi) is 54.3. The zero-order valence-electron chi connectivity index (χ0n) is 26.5. The minimum absolute atomic E-state index is 0. The van der Waals surface area contributed by atoms with E-state index in [-0.39, 0.29) is 118 Å². The Morgan fingerprint density at radius 1 is 0.385 bits per heavy atom. The van der Waals surface area contributed by atoms with Crippen LogP contribution in [0.1, 0.15) is 25.7 Å². The summed E-state index contributed by atoms with van der Waals surface area (Å²) in [5.41, 5.74) is 0. The number of rotatable bonds is 16. The Labute approximate surface area is 380 Å². The summed E-state index contributed by atoms with van der Waals surface area (Å²) in [4.78, 5) is 119. The van der Waals surface area contributed by atoms with Crippen molar-refractivity contribution in [1.82, 2.24) is 0 Å². The number of aliphatic hydroxyl groups excluding tert-OH is 4. The molecule has 0 bridgehead atoms. The third kappa shape index (κ3) is 51.9.